The van der Waals surface area contributed by atoms with Crippen LogP contribution in [0, 0.1) is 6.92 Å². The van der Waals surface area contributed by atoms with E-state index in [1.165, 1.54) is 0 Å². The van der Waals surface area contributed by atoms with Crippen LogP contribution in [0.2, 0.25) is 0 Å². The quantitative estimate of drug-likeness (QED) is 0.855. The van der Waals surface area contributed by atoms with E-state index in [1.54, 1.807) is 0 Å². The van der Waals surface area contributed by atoms with Gasteiger partial charge in [-0.15, -0.1) is 0 Å². The summed E-state index contributed by atoms with van der Waals surface area (Å²) in [5, 5.41) is 12.9. The molecule has 16 heavy (non-hydrogen) atoms. The summed E-state index contributed by atoms with van der Waals surface area (Å²) in [4.78, 5) is 0. The molecule has 0 aliphatic heterocycles. The third-order valence-corrected chi connectivity index (χ3v) is 2.20. The third-order valence-electron chi connectivity index (χ3n) is 2.20. The van der Waals surface area contributed by atoms with Crippen LogP contribution in [-0.4, -0.2) is 10.3 Å². The maximum atomic E-state index is 9.11. The molecular formula is C12H13NO3. The Hall–Kier alpha value is -1.81. The lowest BCUT2D eigenvalue weighted by atomic mass is 10.2. The molecule has 0 unspecified atom stereocenters. The Morgan fingerprint density at radius 2 is 2.19 bits per heavy atom. The van der Waals surface area contributed by atoms with Gasteiger partial charge in [0, 0.05) is 11.6 Å². The highest BCUT2D eigenvalue weighted by molar-refractivity contribution is 5.32. The minimum atomic E-state index is -0.0337. The summed E-state index contributed by atoms with van der Waals surface area (Å²) in [7, 11) is 0. The van der Waals surface area contributed by atoms with Crippen molar-refractivity contribution in [2.75, 3.05) is 0 Å². The average Bonchev–Trinajstić information content (AvgIpc) is 2.73. The van der Waals surface area contributed by atoms with Crippen molar-refractivity contribution in [3.8, 4) is 5.75 Å². The summed E-state index contributed by atoms with van der Waals surface area (Å²) in [6, 6.07) is 9.19. The largest absolute Gasteiger partial charge is 0.487 e. The number of aromatic nitrogens is 1. The Labute approximate surface area is 93.5 Å². The first-order valence-corrected chi connectivity index (χ1v) is 5.03. The molecule has 4 heteroatoms. The summed E-state index contributed by atoms with van der Waals surface area (Å²) >= 11 is 0. The molecule has 1 N–H and O–H groups in total. The highest BCUT2D eigenvalue weighted by Gasteiger charge is 2.04. The number of aliphatic hydroxyl groups is 1. The minimum Gasteiger partial charge on any atom is -0.487 e. The van der Waals surface area contributed by atoms with Crippen molar-refractivity contribution in [2.24, 2.45) is 0 Å². The van der Waals surface area contributed by atoms with E-state index in [9.17, 15) is 0 Å². The van der Waals surface area contributed by atoms with Gasteiger partial charge in [0.2, 0.25) is 0 Å². The first kappa shape index (κ1) is 10.7. The third kappa shape index (κ3) is 2.41. The van der Waals surface area contributed by atoms with Gasteiger partial charge in [0.25, 0.3) is 0 Å². The molecule has 1 heterocycles. The van der Waals surface area contributed by atoms with Crippen LogP contribution >= 0.6 is 0 Å². The van der Waals surface area contributed by atoms with E-state index in [0.717, 1.165) is 17.0 Å². The topological polar surface area (TPSA) is 55.5 Å². The molecule has 84 valence electrons. The van der Waals surface area contributed by atoms with Crippen molar-refractivity contribution in [3.05, 3.63) is 47.3 Å². The predicted octanol–water partition coefficient (Wildman–Crippen LogP) is 2.05. The van der Waals surface area contributed by atoms with Crippen molar-refractivity contribution in [1.82, 2.24) is 5.16 Å². The summed E-state index contributed by atoms with van der Waals surface area (Å²) in [6.07, 6.45) is 0. The fourth-order valence-electron chi connectivity index (χ4n) is 1.41. The number of aliphatic hydroxyl groups excluding tert-OH is 1. The van der Waals surface area contributed by atoms with Gasteiger partial charge in [-0.1, -0.05) is 23.4 Å². The lowest BCUT2D eigenvalue weighted by Crippen LogP contribution is -1.98. The highest BCUT2D eigenvalue weighted by atomic mass is 16.5. The zero-order valence-electron chi connectivity index (χ0n) is 9.01. The average molecular weight is 219 g/mol. The second-order valence-corrected chi connectivity index (χ2v) is 3.48. The monoisotopic (exact) mass is 219 g/mol. The highest BCUT2D eigenvalue weighted by Crippen LogP contribution is 2.19. The Bertz CT molecular complexity index is 465. The van der Waals surface area contributed by atoms with Gasteiger partial charge in [-0.25, -0.2) is 0 Å². The van der Waals surface area contributed by atoms with E-state index in [2.05, 4.69) is 5.16 Å². The zero-order valence-corrected chi connectivity index (χ0v) is 9.01. The molecule has 0 spiro atoms. The van der Waals surface area contributed by atoms with E-state index in [0.29, 0.717) is 12.4 Å². The van der Waals surface area contributed by atoms with Gasteiger partial charge in [-0.05, 0) is 13.0 Å². The standard InChI is InChI=1S/C12H13NO3/c1-9-6-11(13-16-9)8-15-12-5-3-2-4-10(12)7-14/h2-6,14H,7-8H2,1H3. The molecule has 0 atom stereocenters. The van der Waals surface area contributed by atoms with Crippen LogP contribution in [0.5, 0.6) is 5.75 Å². The number of rotatable bonds is 4. The van der Waals surface area contributed by atoms with Crippen molar-refractivity contribution < 1.29 is 14.4 Å². The normalized spacial score (nSPS) is 10.4. The van der Waals surface area contributed by atoms with E-state index in [1.807, 2.05) is 37.3 Å². The van der Waals surface area contributed by atoms with Crippen LogP contribution in [0.3, 0.4) is 0 Å². The van der Waals surface area contributed by atoms with E-state index >= 15 is 0 Å². The molecule has 0 fully saturated rings. The van der Waals surface area contributed by atoms with E-state index in [-0.39, 0.29) is 6.61 Å². The lowest BCUT2D eigenvalue weighted by Gasteiger charge is -2.07. The molecule has 0 amide bonds. The summed E-state index contributed by atoms with van der Waals surface area (Å²) in [6.45, 7) is 2.14. The molecule has 0 saturated carbocycles. The van der Waals surface area contributed by atoms with Crippen molar-refractivity contribution in [2.45, 2.75) is 20.1 Å². The Balaban J connectivity index is 2.04. The molecule has 0 aliphatic carbocycles. The van der Waals surface area contributed by atoms with Gasteiger partial charge in [0.05, 0.1) is 6.61 Å². The Kier molecular flexibility index (Phi) is 3.22. The number of hydrogen-bond donors (Lipinski definition) is 1. The molecule has 0 radical (unpaired) electrons. The molecule has 1 aromatic heterocycles. The van der Waals surface area contributed by atoms with E-state index < -0.39 is 0 Å². The maximum Gasteiger partial charge on any atom is 0.134 e. The smallest absolute Gasteiger partial charge is 0.134 e. The Morgan fingerprint density at radius 1 is 1.38 bits per heavy atom. The molecule has 2 rings (SSSR count). The number of para-hydroxylation sites is 1. The molecule has 0 bridgehead atoms. The number of aryl methyl sites for hydroxylation is 1. The maximum absolute atomic E-state index is 9.11. The first-order chi connectivity index (χ1) is 7.79. The second-order valence-electron chi connectivity index (χ2n) is 3.48. The van der Waals surface area contributed by atoms with Gasteiger partial charge >= 0.3 is 0 Å². The predicted molar refractivity (Wildman–Crippen MR) is 57.9 cm³/mol. The fraction of sp³-hybridized carbons (Fsp3) is 0.250. The molecule has 0 aliphatic rings. The van der Waals surface area contributed by atoms with Gasteiger partial charge < -0.3 is 14.4 Å². The number of nitrogens with zero attached hydrogens (tertiary/aromatic N) is 1. The van der Waals surface area contributed by atoms with Crippen molar-refractivity contribution in [1.29, 1.82) is 0 Å². The molecule has 1 aromatic carbocycles. The summed E-state index contributed by atoms with van der Waals surface area (Å²) in [5.74, 6) is 1.43. The van der Waals surface area contributed by atoms with Gasteiger partial charge in [-0.2, -0.15) is 0 Å². The first-order valence-electron chi connectivity index (χ1n) is 5.03. The van der Waals surface area contributed by atoms with Gasteiger partial charge in [0.15, 0.2) is 0 Å². The van der Waals surface area contributed by atoms with Crippen LogP contribution in [0.15, 0.2) is 34.9 Å². The SMILES string of the molecule is Cc1cc(COc2ccccc2CO)no1. The zero-order chi connectivity index (χ0) is 11.4. The van der Waals surface area contributed by atoms with Crippen LogP contribution in [0.1, 0.15) is 17.0 Å². The summed E-state index contributed by atoms with van der Waals surface area (Å²) in [5.41, 5.74) is 1.51. The van der Waals surface area contributed by atoms with Crippen LogP contribution in [0.4, 0.5) is 0 Å². The van der Waals surface area contributed by atoms with Gasteiger partial charge in [0.1, 0.15) is 23.8 Å². The Morgan fingerprint density at radius 3 is 2.88 bits per heavy atom. The number of benzene rings is 1. The second kappa shape index (κ2) is 4.81. The van der Waals surface area contributed by atoms with Crippen molar-refractivity contribution >= 4 is 0 Å². The fourth-order valence-corrected chi connectivity index (χ4v) is 1.41. The van der Waals surface area contributed by atoms with Crippen LogP contribution in [0.25, 0.3) is 0 Å². The molecule has 4 nitrogen and oxygen atoms in total. The molecular weight excluding hydrogens is 206 g/mol. The van der Waals surface area contributed by atoms with E-state index in [4.69, 9.17) is 14.4 Å². The molecule has 2 aromatic rings. The minimum absolute atomic E-state index is 0.0337. The number of hydrogen-bond acceptors (Lipinski definition) is 4. The van der Waals surface area contributed by atoms with Crippen molar-refractivity contribution in [3.63, 3.8) is 0 Å². The van der Waals surface area contributed by atoms with Gasteiger partial charge in [-0.3, -0.25) is 0 Å². The number of ether oxygens (including phenoxy) is 1. The lowest BCUT2D eigenvalue weighted by molar-refractivity contribution is 0.254. The summed E-state index contributed by atoms with van der Waals surface area (Å²) < 4.78 is 10.5. The van der Waals surface area contributed by atoms with Crippen LogP contribution in [-0.2, 0) is 13.2 Å². The molecule has 0 saturated heterocycles. The van der Waals surface area contributed by atoms with Crippen LogP contribution < -0.4 is 4.74 Å².